The molecule has 3 aliphatic rings. The first kappa shape index (κ1) is 88.0. The fourth-order valence-corrected chi connectivity index (χ4v) is 11.7. The quantitative estimate of drug-likeness (QED) is 0.0165. The normalized spacial score (nSPS) is 17.8. The fourth-order valence-electron chi connectivity index (χ4n) is 11.7. The van der Waals surface area contributed by atoms with Crippen LogP contribution in [0.3, 0.4) is 0 Å². The maximum atomic E-state index is 14.6. The van der Waals surface area contributed by atoms with E-state index in [9.17, 15) is 80.6 Å². The molecule has 3 aliphatic heterocycles. The van der Waals surface area contributed by atoms with Crippen LogP contribution >= 0.6 is 0 Å². The van der Waals surface area contributed by atoms with Crippen LogP contribution in [0.1, 0.15) is 188 Å². The number of hydrogen-bond acceptors (Lipinski definition) is 17. The summed E-state index contributed by atoms with van der Waals surface area (Å²) in [5, 5.41) is 35.7. The number of amides is 13. The summed E-state index contributed by atoms with van der Waals surface area (Å²) in [4.78, 5) is 197. The number of carboxylic acids is 1. The van der Waals surface area contributed by atoms with Crippen LogP contribution in [0, 0.1) is 5.92 Å². The lowest BCUT2D eigenvalue weighted by Gasteiger charge is -2.32. The maximum Gasteiger partial charge on any atom is 0.490 e. The van der Waals surface area contributed by atoms with Gasteiger partial charge in [-0.1, -0.05) is 85.0 Å². The molecule has 0 spiro atoms. The van der Waals surface area contributed by atoms with Gasteiger partial charge in [-0.25, -0.2) is 4.79 Å². The Bertz CT molecular complexity index is 2860. The molecule has 3 heterocycles. The molecule has 3 rings (SSSR count). The summed E-state index contributed by atoms with van der Waals surface area (Å²) in [5.74, 6) is -14.2. The number of aliphatic hydroxyl groups excluding tert-OH is 1. The van der Waals surface area contributed by atoms with E-state index in [1.807, 2.05) is 0 Å². The van der Waals surface area contributed by atoms with E-state index < -0.39 is 168 Å². The minimum atomic E-state index is -5.08. The number of hydrogen-bond donors (Lipinski definition) is 16. The van der Waals surface area contributed by atoms with E-state index >= 15 is 0 Å². The molecule has 10 atom stereocenters. The second-order valence-electron chi connectivity index (χ2n) is 25.6. The fraction of sp³-hybridized carbons (Fsp3) is 0.746. The first-order valence-electron chi connectivity index (χ1n) is 34.5. The van der Waals surface area contributed by atoms with Crippen molar-refractivity contribution in [2.45, 2.75) is 255 Å². The average molecular weight is 1440 g/mol. The van der Waals surface area contributed by atoms with Crippen molar-refractivity contribution in [3.63, 3.8) is 0 Å². The highest BCUT2D eigenvalue weighted by Crippen LogP contribution is 2.24. The number of aliphatic imine (C=N–C) groups is 2. The average Bonchev–Trinajstić information content (AvgIpc) is 1.76. The third-order valence-corrected chi connectivity index (χ3v) is 17.1. The topological polar surface area (TPSA) is 580 Å². The summed E-state index contributed by atoms with van der Waals surface area (Å²) in [6, 6.07) is -13.3. The van der Waals surface area contributed by atoms with Crippen LogP contribution in [0.15, 0.2) is 9.98 Å². The van der Waals surface area contributed by atoms with Crippen molar-refractivity contribution in [1.82, 2.24) is 51.9 Å². The zero-order valence-corrected chi connectivity index (χ0v) is 58.3. The molecule has 101 heavy (non-hydrogen) atoms. The van der Waals surface area contributed by atoms with Gasteiger partial charge in [-0.2, -0.15) is 13.2 Å². The second-order valence-corrected chi connectivity index (χ2v) is 25.6. The number of likely N-dealkylation sites (tertiary alicyclic amines) is 3. The van der Waals surface area contributed by atoms with Gasteiger partial charge in [0.1, 0.15) is 60.4 Å². The predicted octanol–water partition coefficient (Wildman–Crippen LogP) is -2.91. The third-order valence-electron chi connectivity index (χ3n) is 17.1. The van der Waals surface area contributed by atoms with Crippen LogP contribution in [-0.2, 0) is 67.1 Å². The Hall–Kier alpha value is -9.13. The van der Waals surface area contributed by atoms with Crippen molar-refractivity contribution >= 4 is 94.7 Å². The van der Waals surface area contributed by atoms with Crippen molar-refractivity contribution in [1.29, 1.82) is 0 Å². The van der Waals surface area contributed by atoms with Crippen molar-refractivity contribution in [2.75, 3.05) is 39.3 Å². The Kier molecular flexibility index (Phi) is 39.7. The lowest BCUT2D eigenvalue weighted by atomic mass is 10.0. The van der Waals surface area contributed by atoms with Gasteiger partial charge in [0.2, 0.25) is 76.8 Å². The number of carbonyl (C=O) groups is 14. The Labute approximate surface area is 585 Å². The number of carbonyl (C=O) groups excluding carboxylic acids is 13. The standard InChI is InChI=1S/C61H107N19O14.C2HF3O2/c1-5-6-7-8-9-10-11-12-13-14-15-26-48(84)72-39(27-28-46(62)82)52(87)77-49(36(2)3)59(94)80-33-20-25-45(80)56(91)76-42(35-81)54(89)74-40(22-17-30-70-61(67)68)58(93)79-32-19-24-44(79)55(90)75-41(34-47(63)83)53(88)73-38(21-16-29-69-60(65)66)51(86)71-37(4)57(92)78-31-18-23-43(78)50(64)85;3-2(4,5)1(6)7/h36-45,49,81H,5-35H2,1-4H3,(H2,62,82)(H2,63,83)(H2,64,85)(H,71,86)(H,72,84)(H,73,88)(H,74,89)(H,75,90)(H,76,91)(H,77,87)(H4,65,66,69)(H4,67,68,70);(H,6,7)/t37-,38-,39-,40-,41-,42-,43-,44-,45-,49-;/m0./s1. The van der Waals surface area contributed by atoms with E-state index in [4.69, 9.17) is 50.0 Å². The Morgan fingerprint density at radius 2 is 0.891 bits per heavy atom. The molecule has 0 aromatic rings. The van der Waals surface area contributed by atoms with Crippen LogP contribution in [-0.4, -0.2) is 226 Å². The number of nitrogens with zero attached hydrogens (tertiary/aromatic N) is 5. The van der Waals surface area contributed by atoms with Gasteiger partial charge in [0, 0.05) is 45.6 Å². The number of rotatable bonds is 44. The van der Waals surface area contributed by atoms with Crippen LogP contribution in [0.5, 0.6) is 0 Å². The summed E-state index contributed by atoms with van der Waals surface area (Å²) < 4.78 is 31.7. The highest BCUT2D eigenvalue weighted by Gasteiger charge is 2.44. The number of aliphatic carboxylic acids is 1. The van der Waals surface area contributed by atoms with Crippen LogP contribution < -0.4 is 77.4 Å². The first-order chi connectivity index (χ1) is 47.6. The lowest BCUT2D eigenvalue weighted by Crippen LogP contribution is -2.61. The van der Waals surface area contributed by atoms with E-state index in [0.717, 1.165) is 30.6 Å². The first-order valence-corrected chi connectivity index (χ1v) is 34.5. The van der Waals surface area contributed by atoms with Gasteiger partial charge in [0.15, 0.2) is 11.9 Å². The van der Waals surface area contributed by atoms with Crippen molar-refractivity contribution in [3.05, 3.63) is 0 Å². The highest BCUT2D eigenvalue weighted by atomic mass is 19.4. The smallest absolute Gasteiger partial charge is 0.475 e. The summed E-state index contributed by atoms with van der Waals surface area (Å²) in [5.41, 5.74) is 38.5. The minimum Gasteiger partial charge on any atom is -0.475 e. The van der Waals surface area contributed by atoms with E-state index in [1.165, 1.54) is 55.2 Å². The van der Waals surface area contributed by atoms with Crippen molar-refractivity contribution < 1.29 is 90.5 Å². The number of halogens is 3. The SMILES string of the molecule is CCCCCCCCCCCCCC(=O)N[C@@H](CCC(N)=O)C(=O)N[C@H](C(=O)N1CCC[C@H]1C(=O)N[C@@H](CO)C(=O)N[C@@H](CCCN=C(N)N)C(=O)N1CCC[C@H]1C(=O)N[C@@H](CC(N)=O)C(=O)N[C@@H](CCCN=C(N)N)C(=O)N[C@@H](C)C(=O)N1CCC[C@H]1C(N)=O)C(C)C.O=C(O)C(F)(F)F. The molecule has 13 amide bonds. The van der Waals surface area contributed by atoms with Crippen LogP contribution in [0.4, 0.5) is 13.2 Å². The molecular formula is C63H108F3N19O16. The number of carboxylic acid groups (broad SMARTS) is 1. The molecule has 572 valence electrons. The van der Waals surface area contributed by atoms with Gasteiger partial charge in [0.25, 0.3) is 0 Å². The number of guanidine groups is 2. The monoisotopic (exact) mass is 1440 g/mol. The summed E-state index contributed by atoms with van der Waals surface area (Å²) in [6.45, 7) is 6.18. The van der Waals surface area contributed by atoms with Gasteiger partial charge in [-0.05, 0) is 89.9 Å². The zero-order chi connectivity index (χ0) is 76.1. The van der Waals surface area contributed by atoms with Gasteiger partial charge in [0.05, 0.1) is 13.0 Å². The van der Waals surface area contributed by atoms with Crippen LogP contribution in [0.25, 0.3) is 0 Å². The number of aliphatic hydroxyl groups is 1. The number of primary amides is 3. The molecule has 38 heteroatoms. The molecule has 0 aromatic heterocycles. The van der Waals surface area contributed by atoms with E-state index in [0.29, 0.717) is 25.7 Å². The summed E-state index contributed by atoms with van der Waals surface area (Å²) in [6.07, 6.45) is 7.38. The molecule has 3 fully saturated rings. The Balaban J connectivity index is 0.00000468. The van der Waals surface area contributed by atoms with Gasteiger partial charge >= 0.3 is 12.1 Å². The molecule has 3 saturated heterocycles. The molecule has 0 saturated carbocycles. The molecule has 23 N–H and O–H groups in total. The summed E-state index contributed by atoms with van der Waals surface area (Å²) in [7, 11) is 0. The predicted molar refractivity (Wildman–Crippen MR) is 361 cm³/mol. The molecule has 0 radical (unpaired) electrons. The largest absolute Gasteiger partial charge is 0.490 e. The Morgan fingerprint density at radius 1 is 0.475 bits per heavy atom. The number of nitrogens with two attached hydrogens (primary N) is 7. The van der Waals surface area contributed by atoms with Crippen molar-refractivity contribution in [2.24, 2.45) is 56.0 Å². The molecule has 35 nitrogen and oxygen atoms in total. The molecule has 0 bridgehead atoms. The molecule has 0 aromatic carbocycles. The van der Waals surface area contributed by atoms with Crippen LogP contribution in [0.2, 0.25) is 0 Å². The lowest BCUT2D eigenvalue weighted by molar-refractivity contribution is -0.192. The zero-order valence-electron chi connectivity index (χ0n) is 58.3. The van der Waals surface area contributed by atoms with Gasteiger partial charge in [-0.15, -0.1) is 0 Å². The molecule has 0 aliphatic carbocycles. The Morgan fingerprint density at radius 3 is 1.35 bits per heavy atom. The number of unbranched alkanes of at least 4 members (excludes halogenated alkanes) is 10. The third kappa shape index (κ3) is 32.4. The number of nitrogens with one attached hydrogen (secondary N) is 7. The minimum absolute atomic E-state index is 0.0150. The van der Waals surface area contributed by atoms with E-state index in [1.54, 1.807) is 13.8 Å². The second kappa shape index (κ2) is 45.6. The van der Waals surface area contributed by atoms with Gasteiger partial charge in [-0.3, -0.25) is 72.3 Å². The highest BCUT2D eigenvalue weighted by molar-refractivity contribution is 6.00. The van der Waals surface area contributed by atoms with E-state index in [-0.39, 0.29) is 109 Å². The molecule has 0 unspecified atom stereocenters. The van der Waals surface area contributed by atoms with E-state index in [2.05, 4.69) is 54.1 Å². The van der Waals surface area contributed by atoms with Crippen molar-refractivity contribution in [3.8, 4) is 0 Å². The maximum absolute atomic E-state index is 14.6. The van der Waals surface area contributed by atoms with Gasteiger partial charge < -0.3 is 102 Å². The summed E-state index contributed by atoms with van der Waals surface area (Å²) >= 11 is 0. The molecular weight excluding hydrogens is 1340 g/mol. The number of alkyl halides is 3.